The molecule has 1 aliphatic rings. The molecule has 0 aromatic carbocycles. The molecule has 1 saturated heterocycles. The third-order valence-corrected chi connectivity index (χ3v) is 3.48. The second-order valence-corrected chi connectivity index (χ2v) is 5.27. The van der Waals surface area contributed by atoms with E-state index in [0.717, 1.165) is 31.8 Å². The molecule has 106 valence electrons. The van der Waals surface area contributed by atoms with Crippen molar-refractivity contribution in [1.29, 1.82) is 0 Å². The fourth-order valence-electron chi connectivity index (χ4n) is 2.25. The Hall–Kier alpha value is -1.43. The largest absolute Gasteiger partial charge is 0.469 e. The van der Waals surface area contributed by atoms with Gasteiger partial charge in [-0.2, -0.15) is 4.98 Å². The molecule has 0 spiro atoms. The van der Waals surface area contributed by atoms with E-state index in [4.69, 9.17) is 9.26 Å². The lowest BCUT2D eigenvalue weighted by Crippen LogP contribution is -2.36. The molecule has 19 heavy (non-hydrogen) atoms. The summed E-state index contributed by atoms with van der Waals surface area (Å²) in [6.45, 7) is 6.46. The normalized spacial score (nSPS) is 17.9. The number of ether oxygens (including phenoxy) is 1. The Labute approximate surface area is 113 Å². The molecule has 0 unspecified atom stereocenters. The first-order valence-electron chi connectivity index (χ1n) is 6.72. The van der Waals surface area contributed by atoms with E-state index in [0.29, 0.717) is 12.4 Å². The van der Waals surface area contributed by atoms with Crippen molar-refractivity contribution >= 4 is 5.97 Å². The van der Waals surface area contributed by atoms with E-state index in [1.165, 1.54) is 7.11 Å². The van der Waals surface area contributed by atoms with Crippen molar-refractivity contribution in [2.75, 3.05) is 20.2 Å². The molecule has 0 aliphatic carbocycles. The fraction of sp³-hybridized carbons (Fsp3) is 0.769. The Morgan fingerprint density at radius 3 is 2.68 bits per heavy atom. The van der Waals surface area contributed by atoms with E-state index in [9.17, 15) is 4.79 Å². The van der Waals surface area contributed by atoms with E-state index in [2.05, 4.69) is 15.0 Å². The van der Waals surface area contributed by atoms with E-state index in [1.54, 1.807) is 0 Å². The molecule has 0 bridgehead atoms. The number of likely N-dealkylation sites (tertiary alicyclic amines) is 1. The summed E-state index contributed by atoms with van der Waals surface area (Å²) in [5, 5.41) is 3.95. The lowest BCUT2D eigenvalue weighted by atomic mass is 9.97. The van der Waals surface area contributed by atoms with Crippen LogP contribution in [0, 0.1) is 5.92 Å². The van der Waals surface area contributed by atoms with Crippen molar-refractivity contribution in [2.45, 2.75) is 39.2 Å². The number of aromatic nitrogens is 2. The van der Waals surface area contributed by atoms with E-state index in [1.807, 2.05) is 13.8 Å². The third-order valence-electron chi connectivity index (χ3n) is 3.48. The van der Waals surface area contributed by atoms with Crippen molar-refractivity contribution in [1.82, 2.24) is 15.0 Å². The first-order valence-corrected chi connectivity index (χ1v) is 6.72. The zero-order chi connectivity index (χ0) is 13.8. The second-order valence-electron chi connectivity index (χ2n) is 5.27. The van der Waals surface area contributed by atoms with Gasteiger partial charge in [-0.3, -0.25) is 9.69 Å². The molecule has 0 atom stereocenters. The molecule has 0 saturated carbocycles. The van der Waals surface area contributed by atoms with Crippen LogP contribution in [-0.2, 0) is 16.1 Å². The van der Waals surface area contributed by atoms with Crippen molar-refractivity contribution in [3.8, 4) is 0 Å². The first-order chi connectivity index (χ1) is 9.10. The number of nitrogens with zero attached hydrogens (tertiary/aromatic N) is 3. The lowest BCUT2D eigenvalue weighted by molar-refractivity contribution is -0.147. The van der Waals surface area contributed by atoms with Crippen LogP contribution in [0.4, 0.5) is 0 Å². The molecule has 1 aromatic heterocycles. The highest BCUT2D eigenvalue weighted by molar-refractivity contribution is 5.72. The van der Waals surface area contributed by atoms with Gasteiger partial charge in [-0.1, -0.05) is 19.0 Å². The summed E-state index contributed by atoms with van der Waals surface area (Å²) < 4.78 is 10.0. The average Bonchev–Trinajstić information content (AvgIpc) is 2.87. The van der Waals surface area contributed by atoms with Crippen molar-refractivity contribution < 1.29 is 14.1 Å². The molecule has 0 amide bonds. The van der Waals surface area contributed by atoms with Crippen molar-refractivity contribution in [3.63, 3.8) is 0 Å². The van der Waals surface area contributed by atoms with Crippen LogP contribution in [0.25, 0.3) is 0 Å². The molecular formula is C13H21N3O3. The number of methoxy groups -OCH3 is 1. The highest BCUT2D eigenvalue weighted by Crippen LogP contribution is 2.20. The van der Waals surface area contributed by atoms with Crippen LogP contribution < -0.4 is 0 Å². The predicted molar refractivity (Wildman–Crippen MR) is 68.4 cm³/mol. The summed E-state index contributed by atoms with van der Waals surface area (Å²) in [4.78, 5) is 18.0. The summed E-state index contributed by atoms with van der Waals surface area (Å²) >= 11 is 0. The quantitative estimate of drug-likeness (QED) is 0.771. The summed E-state index contributed by atoms with van der Waals surface area (Å²) in [6.07, 6.45) is 1.66. The van der Waals surface area contributed by atoms with Gasteiger partial charge in [0.1, 0.15) is 0 Å². The number of carbonyl (C=O) groups excluding carboxylic acids is 1. The molecular weight excluding hydrogens is 246 g/mol. The van der Waals surface area contributed by atoms with Crippen molar-refractivity contribution in [2.24, 2.45) is 5.92 Å². The van der Waals surface area contributed by atoms with Gasteiger partial charge < -0.3 is 9.26 Å². The Kier molecular flexibility index (Phi) is 4.52. The smallest absolute Gasteiger partial charge is 0.308 e. The number of hydrogen-bond acceptors (Lipinski definition) is 6. The van der Waals surface area contributed by atoms with Gasteiger partial charge in [-0.25, -0.2) is 0 Å². The number of carbonyl (C=O) groups is 1. The van der Waals surface area contributed by atoms with Crippen molar-refractivity contribution in [3.05, 3.63) is 11.7 Å². The van der Waals surface area contributed by atoms with Crippen LogP contribution in [-0.4, -0.2) is 41.2 Å². The van der Waals surface area contributed by atoms with Crippen LogP contribution >= 0.6 is 0 Å². The van der Waals surface area contributed by atoms with E-state index >= 15 is 0 Å². The van der Waals surface area contributed by atoms with Gasteiger partial charge >= 0.3 is 5.97 Å². The Bertz CT molecular complexity index is 423. The van der Waals surface area contributed by atoms with E-state index < -0.39 is 0 Å². The number of esters is 1. The van der Waals surface area contributed by atoms with Crippen LogP contribution in [0.5, 0.6) is 0 Å². The molecule has 2 rings (SSSR count). The van der Waals surface area contributed by atoms with Gasteiger partial charge in [0.15, 0.2) is 5.82 Å². The Balaban J connectivity index is 1.83. The Morgan fingerprint density at radius 2 is 2.16 bits per heavy atom. The maximum atomic E-state index is 11.4. The zero-order valence-corrected chi connectivity index (χ0v) is 11.8. The molecule has 6 nitrogen and oxygen atoms in total. The second kappa shape index (κ2) is 6.14. The van der Waals surface area contributed by atoms with Gasteiger partial charge in [0.05, 0.1) is 19.6 Å². The SMILES string of the molecule is COC(=O)C1CCN(Cc2nc(C(C)C)no2)CC1. The first kappa shape index (κ1) is 14.0. The van der Waals surface area contributed by atoms with Gasteiger partial charge in [0.2, 0.25) is 5.89 Å². The van der Waals surface area contributed by atoms with Gasteiger partial charge in [0.25, 0.3) is 0 Å². The maximum absolute atomic E-state index is 11.4. The van der Waals surface area contributed by atoms with Gasteiger partial charge in [-0.15, -0.1) is 0 Å². The molecule has 1 aromatic rings. The van der Waals surface area contributed by atoms with E-state index in [-0.39, 0.29) is 17.8 Å². The monoisotopic (exact) mass is 267 g/mol. The minimum absolute atomic E-state index is 0.0372. The number of hydrogen-bond donors (Lipinski definition) is 0. The molecule has 2 heterocycles. The Morgan fingerprint density at radius 1 is 1.47 bits per heavy atom. The number of piperidine rings is 1. The average molecular weight is 267 g/mol. The minimum Gasteiger partial charge on any atom is -0.469 e. The standard InChI is InChI=1S/C13H21N3O3/c1-9(2)12-14-11(19-15-12)8-16-6-4-10(5-7-16)13(17)18-3/h9-10H,4-8H2,1-3H3. The number of rotatable bonds is 4. The summed E-state index contributed by atoms with van der Waals surface area (Å²) in [5.41, 5.74) is 0. The van der Waals surface area contributed by atoms with Crippen LogP contribution in [0.1, 0.15) is 44.3 Å². The molecule has 1 aliphatic heterocycles. The third kappa shape index (κ3) is 3.53. The highest BCUT2D eigenvalue weighted by Gasteiger charge is 2.26. The fourth-order valence-corrected chi connectivity index (χ4v) is 2.25. The van der Waals surface area contributed by atoms with Gasteiger partial charge in [-0.05, 0) is 25.9 Å². The molecule has 0 radical (unpaired) electrons. The van der Waals surface area contributed by atoms with Crippen LogP contribution in [0.2, 0.25) is 0 Å². The van der Waals surface area contributed by atoms with Crippen LogP contribution in [0.15, 0.2) is 4.52 Å². The summed E-state index contributed by atoms with van der Waals surface area (Å²) in [5.74, 6) is 1.62. The lowest BCUT2D eigenvalue weighted by Gasteiger charge is -2.29. The molecule has 1 fully saturated rings. The van der Waals surface area contributed by atoms with Gasteiger partial charge in [0, 0.05) is 5.92 Å². The molecule has 0 N–H and O–H groups in total. The minimum atomic E-state index is -0.0977. The zero-order valence-electron chi connectivity index (χ0n) is 11.8. The summed E-state index contributed by atoms with van der Waals surface area (Å²) in [6, 6.07) is 0. The van der Waals surface area contributed by atoms with Crippen LogP contribution in [0.3, 0.4) is 0 Å². The topological polar surface area (TPSA) is 68.5 Å². The predicted octanol–water partition coefficient (Wildman–Crippen LogP) is 1.58. The highest BCUT2D eigenvalue weighted by atomic mass is 16.5. The maximum Gasteiger partial charge on any atom is 0.308 e. The molecule has 6 heteroatoms. The summed E-state index contributed by atoms with van der Waals surface area (Å²) in [7, 11) is 1.45.